The van der Waals surface area contributed by atoms with E-state index in [0.29, 0.717) is 54.1 Å². The van der Waals surface area contributed by atoms with E-state index in [1.165, 1.54) is 12.1 Å². The first-order chi connectivity index (χ1) is 27.2. The van der Waals surface area contributed by atoms with Gasteiger partial charge in [0, 0.05) is 36.7 Å². The number of benzene rings is 5. The summed E-state index contributed by atoms with van der Waals surface area (Å²) in [5, 5.41) is 37.0. The van der Waals surface area contributed by atoms with Crippen LogP contribution in [-0.2, 0) is 13.2 Å². The Labute approximate surface area is 324 Å². The molecule has 0 spiro atoms. The molecule has 1 unspecified atom stereocenters. The number of pyridine rings is 1. The fraction of sp³-hybridized carbons (Fsp3) is 0.205. The van der Waals surface area contributed by atoms with Crippen molar-refractivity contribution in [1.29, 1.82) is 0 Å². The summed E-state index contributed by atoms with van der Waals surface area (Å²) in [5.41, 5.74) is 4.33. The van der Waals surface area contributed by atoms with Gasteiger partial charge in [-0.05, 0) is 89.3 Å². The third-order valence-electron chi connectivity index (χ3n) is 9.38. The molecule has 6 aromatic rings. The Morgan fingerprint density at radius 2 is 1.57 bits per heavy atom. The number of H-pyrrole nitrogens is 1. The van der Waals surface area contributed by atoms with Gasteiger partial charge in [-0.3, -0.25) is 9.59 Å². The van der Waals surface area contributed by atoms with Gasteiger partial charge in [-0.1, -0.05) is 72.8 Å². The number of carboxylic acid groups (broad SMARTS) is 1. The number of carbonyl (C=O) groups excluding carboxylic acids is 1. The van der Waals surface area contributed by atoms with Crippen molar-refractivity contribution in [2.75, 3.05) is 26.7 Å². The largest absolute Gasteiger partial charge is 0.506 e. The molecule has 1 aromatic heterocycles. The van der Waals surface area contributed by atoms with E-state index in [0.717, 1.165) is 22.3 Å². The van der Waals surface area contributed by atoms with E-state index in [4.69, 9.17) is 9.47 Å². The van der Waals surface area contributed by atoms with Crippen molar-refractivity contribution in [3.05, 3.63) is 171 Å². The molecule has 0 saturated carbocycles. The Hall–Kier alpha value is -6.63. The zero-order chi connectivity index (χ0) is 39.4. The van der Waals surface area contributed by atoms with Crippen LogP contribution >= 0.6 is 0 Å². The molecule has 0 radical (unpaired) electrons. The molecule has 2 atom stereocenters. The van der Waals surface area contributed by atoms with Crippen LogP contribution in [0.25, 0.3) is 10.9 Å². The summed E-state index contributed by atoms with van der Waals surface area (Å²) in [6, 6.07) is 36.9. The van der Waals surface area contributed by atoms with Crippen LogP contribution < -0.4 is 25.7 Å². The molecule has 288 valence electrons. The van der Waals surface area contributed by atoms with Gasteiger partial charge < -0.3 is 45.3 Å². The van der Waals surface area contributed by atoms with Crippen LogP contribution in [0.15, 0.2) is 132 Å². The first-order valence-corrected chi connectivity index (χ1v) is 18.2. The number of hydrogen-bond donors (Lipinski definition) is 6. The lowest BCUT2D eigenvalue weighted by molar-refractivity contribution is 0.0740. The smallest absolute Gasteiger partial charge is 0.405 e. The molecule has 1 heterocycles. The van der Waals surface area contributed by atoms with Crippen molar-refractivity contribution >= 4 is 22.9 Å². The third-order valence-corrected chi connectivity index (χ3v) is 9.38. The quantitative estimate of drug-likeness (QED) is 0.0566. The molecule has 12 heteroatoms. The number of nitrogens with zero attached hydrogens (tertiary/aromatic N) is 1. The molecule has 12 nitrogen and oxygen atoms in total. The van der Waals surface area contributed by atoms with E-state index >= 15 is 0 Å². The fourth-order valence-electron chi connectivity index (χ4n) is 6.54. The van der Waals surface area contributed by atoms with Crippen molar-refractivity contribution in [3.63, 3.8) is 0 Å². The van der Waals surface area contributed by atoms with Crippen LogP contribution in [0, 0.1) is 0 Å². The molecule has 56 heavy (non-hydrogen) atoms. The monoisotopic (exact) mass is 756 g/mol. The van der Waals surface area contributed by atoms with E-state index < -0.39 is 18.2 Å². The molecule has 6 N–H and O–H groups in total. The Bertz CT molecular complexity index is 2310. The number of phenols is 1. The number of nitrogens with one attached hydrogen (secondary N) is 3. The number of aliphatic hydroxyl groups excluding tert-OH is 1. The van der Waals surface area contributed by atoms with Gasteiger partial charge in [0.2, 0.25) is 5.56 Å². The topological polar surface area (TPSA) is 173 Å². The molecular formula is C44H44N4O8. The minimum absolute atomic E-state index is 0.0715. The highest BCUT2D eigenvalue weighted by Crippen LogP contribution is 2.29. The normalized spacial score (nSPS) is 12.1. The van der Waals surface area contributed by atoms with Crippen LogP contribution in [0.3, 0.4) is 0 Å². The lowest BCUT2D eigenvalue weighted by atomic mass is 9.98. The molecule has 5 aromatic carbocycles. The molecule has 2 amide bonds. The van der Waals surface area contributed by atoms with Gasteiger partial charge in [0.15, 0.2) is 0 Å². The molecule has 0 aliphatic rings. The van der Waals surface area contributed by atoms with Crippen molar-refractivity contribution in [2.45, 2.75) is 31.7 Å². The number of ether oxygens (including phenoxy) is 2. The summed E-state index contributed by atoms with van der Waals surface area (Å²) in [6.45, 7) is 1.77. The molecule has 0 fully saturated rings. The number of aromatic nitrogens is 1. The molecule has 0 bridgehead atoms. The molecule has 0 aliphatic carbocycles. The fourth-order valence-corrected chi connectivity index (χ4v) is 6.54. The van der Waals surface area contributed by atoms with Crippen molar-refractivity contribution in [1.82, 2.24) is 20.5 Å². The standard InChI is InChI=1S/C44H44N4O8/c1-55-34-12-5-8-30(24-34)27-48(23-7-22-45-26-39(50)36-18-20-38(49)42-37(36)19-21-40(51)46-42)43(52)32-16-14-29(15-17-32)28-56-35-13-6-11-33(25-35)41(47-44(53)54)31-9-3-2-4-10-31/h2-6,8-21,24-25,39,41,45,47,49-50H,7,22-23,26-28H2,1H3,(H,46,51)(H,53,54)/t39?,41-/m0/s1. The van der Waals surface area contributed by atoms with Crippen LogP contribution in [-0.4, -0.2) is 63.9 Å². The number of methoxy groups -OCH3 is 1. The second-order valence-electron chi connectivity index (χ2n) is 13.3. The number of rotatable bonds is 17. The summed E-state index contributed by atoms with van der Waals surface area (Å²) < 4.78 is 11.5. The summed E-state index contributed by atoms with van der Waals surface area (Å²) in [4.78, 5) is 41.7. The number of hydrogen-bond acceptors (Lipinski definition) is 8. The van der Waals surface area contributed by atoms with Gasteiger partial charge in [-0.25, -0.2) is 4.79 Å². The number of phenolic OH excluding ortho intramolecular Hbond substituents is 1. The van der Waals surface area contributed by atoms with Gasteiger partial charge >= 0.3 is 6.09 Å². The van der Waals surface area contributed by atoms with E-state index in [9.17, 15) is 29.7 Å². The van der Waals surface area contributed by atoms with E-state index in [1.807, 2.05) is 91.0 Å². The number of aliphatic hydroxyl groups is 1. The number of fused-ring (bicyclic) bond motifs is 1. The Kier molecular flexibility index (Phi) is 13.0. The molecule has 0 aliphatic heterocycles. The molecule has 6 rings (SSSR count). The number of aromatic amines is 1. The zero-order valence-electron chi connectivity index (χ0n) is 30.9. The Balaban J connectivity index is 1.08. The lowest BCUT2D eigenvalue weighted by Crippen LogP contribution is -2.33. The number of amides is 2. The maximum atomic E-state index is 13.9. The average Bonchev–Trinajstić information content (AvgIpc) is 3.22. The highest BCUT2D eigenvalue weighted by molar-refractivity contribution is 5.94. The first kappa shape index (κ1) is 39.1. The van der Waals surface area contributed by atoms with Gasteiger partial charge in [0.05, 0.1) is 24.8 Å². The maximum absolute atomic E-state index is 13.9. The summed E-state index contributed by atoms with van der Waals surface area (Å²) in [5.74, 6) is 1.06. The van der Waals surface area contributed by atoms with E-state index in [2.05, 4.69) is 15.6 Å². The van der Waals surface area contributed by atoms with Crippen LogP contribution in [0.5, 0.6) is 17.2 Å². The maximum Gasteiger partial charge on any atom is 0.405 e. The average molecular weight is 757 g/mol. The van der Waals surface area contributed by atoms with Crippen LogP contribution in [0.2, 0.25) is 0 Å². The third kappa shape index (κ3) is 10.1. The van der Waals surface area contributed by atoms with Gasteiger partial charge in [0.25, 0.3) is 5.91 Å². The van der Waals surface area contributed by atoms with Gasteiger partial charge in [-0.15, -0.1) is 0 Å². The van der Waals surface area contributed by atoms with E-state index in [1.54, 1.807) is 36.3 Å². The highest BCUT2D eigenvalue weighted by Gasteiger charge is 2.19. The van der Waals surface area contributed by atoms with E-state index in [-0.39, 0.29) is 35.9 Å². The zero-order valence-corrected chi connectivity index (χ0v) is 30.9. The van der Waals surface area contributed by atoms with Crippen molar-refractivity contribution < 1.29 is 34.4 Å². The van der Waals surface area contributed by atoms with Crippen molar-refractivity contribution in [2.24, 2.45) is 0 Å². The van der Waals surface area contributed by atoms with Crippen molar-refractivity contribution in [3.8, 4) is 17.2 Å². The van der Waals surface area contributed by atoms with Crippen LogP contribution in [0.1, 0.15) is 56.7 Å². The minimum atomic E-state index is -1.13. The minimum Gasteiger partial charge on any atom is -0.506 e. The predicted molar refractivity (Wildman–Crippen MR) is 213 cm³/mol. The van der Waals surface area contributed by atoms with Crippen LogP contribution in [0.4, 0.5) is 4.79 Å². The number of carbonyl (C=O) groups is 2. The Morgan fingerprint density at radius 3 is 2.34 bits per heavy atom. The summed E-state index contributed by atoms with van der Waals surface area (Å²) in [7, 11) is 1.60. The highest BCUT2D eigenvalue weighted by atomic mass is 16.5. The second kappa shape index (κ2) is 18.6. The summed E-state index contributed by atoms with van der Waals surface area (Å²) in [6.07, 6.45) is -1.43. The Morgan fingerprint density at radius 1 is 0.821 bits per heavy atom. The summed E-state index contributed by atoms with van der Waals surface area (Å²) >= 11 is 0. The number of aromatic hydroxyl groups is 1. The van der Waals surface area contributed by atoms with Gasteiger partial charge in [0.1, 0.15) is 23.9 Å². The molecule has 0 saturated heterocycles. The van der Waals surface area contributed by atoms with Gasteiger partial charge in [-0.2, -0.15) is 0 Å². The molecular weight excluding hydrogens is 713 g/mol. The predicted octanol–water partition coefficient (Wildman–Crippen LogP) is 6.53. The lowest BCUT2D eigenvalue weighted by Gasteiger charge is -2.24. The second-order valence-corrected chi connectivity index (χ2v) is 13.3. The first-order valence-electron chi connectivity index (χ1n) is 18.2. The SMILES string of the molecule is COc1cccc(CN(CCCNCC(O)c2ccc(O)c3[nH]c(=O)ccc23)C(=O)c2ccc(COc3cccc([C@@H](NC(=O)O)c4ccccc4)c3)cc2)c1.